The molecule has 0 aliphatic heterocycles. The molecule has 0 saturated heterocycles. The smallest absolute Gasteiger partial charge is 0.308 e. The van der Waals surface area contributed by atoms with Crippen LogP contribution in [0.15, 0.2) is 30.3 Å². The maximum absolute atomic E-state index is 11.4. The third-order valence-corrected chi connectivity index (χ3v) is 2.43. The SMILES string of the molecule is CCOC(=O)CC(CC(=O)O)OCc1ccccc1. The van der Waals surface area contributed by atoms with Gasteiger partial charge in [-0.05, 0) is 12.5 Å². The van der Waals surface area contributed by atoms with Gasteiger partial charge in [0.25, 0.3) is 0 Å². The van der Waals surface area contributed by atoms with Crippen LogP contribution in [-0.2, 0) is 25.7 Å². The first-order chi connectivity index (χ1) is 9.11. The van der Waals surface area contributed by atoms with Gasteiger partial charge in [0.2, 0.25) is 0 Å². The molecule has 0 aromatic heterocycles. The number of carbonyl (C=O) groups excluding carboxylic acids is 1. The van der Waals surface area contributed by atoms with E-state index in [-0.39, 0.29) is 26.1 Å². The van der Waals surface area contributed by atoms with E-state index in [4.69, 9.17) is 14.6 Å². The minimum absolute atomic E-state index is 0.0486. The highest BCUT2D eigenvalue weighted by Crippen LogP contribution is 2.10. The summed E-state index contributed by atoms with van der Waals surface area (Å²) in [5.41, 5.74) is 0.932. The summed E-state index contributed by atoms with van der Waals surface area (Å²) in [6.07, 6.45) is -0.935. The number of carboxylic acid groups (broad SMARTS) is 1. The van der Waals surface area contributed by atoms with Gasteiger partial charge >= 0.3 is 11.9 Å². The van der Waals surface area contributed by atoms with Crippen molar-refractivity contribution >= 4 is 11.9 Å². The predicted molar refractivity (Wildman–Crippen MR) is 68.5 cm³/mol. The molecule has 1 unspecified atom stereocenters. The Balaban J connectivity index is 2.49. The molecule has 0 heterocycles. The molecule has 19 heavy (non-hydrogen) atoms. The Morgan fingerprint density at radius 3 is 2.47 bits per heavy atom. The third kappa shape index (κ3) is 6.57. The van der Waals surface area contributed by atoms with Gasteiger partial charge in [-0.1, -0.05) is 30.3 Å². The molecule has 0 spiro atoms. The summed E-state index contributed by atoms with van der Waals surface area (Å²) in [5, 5.41) is 8.79. The maximum Gasteiger partial charge on any atom is 0.308 e. The van der Waals surface area contributed by atoms with Gasteiger partial charge in [0.05, 0.1) is 32.2 Å². The maximum atomic E-state index is 11.4. The average molecular weight is 266 g/mol. The van der Waals surface area contributed by atoms with Gasteiger partial charge < -0.3 is 14.6 Å². The summed E-state index contributed by atoms with van der Waals surface area (Å²) in [5.74, 6) is -1.44. The van der Waals surface area contributed by atoms with E-state index in [1.165, 1.54) is 0 Å². The number of aliphatic carboxylic acids is 1. The number of rotatable bonds is 8. The zero-order chi connectivity index (χ0) is 14.1. The van der Waals surface area contributed by atoms with Gasteiger partial charge in [-0.3, -0.25) is 9.59 Å². The molecule has 5 nitrogen and oxygen atoms in total. The van der Waals surface area contributed by atoms with Crippen LogP contribution in [0.3, 0.4) is 0 Å². The summed E-state index contributed by atoms with van der Waals surface area (Å²) in [4.78, 5) is 22.1. The fourth-order valence-electron chi connectivity index (χ4n) is 1.58. The van der Waals surface area contributed by atoms with E-state index in [9.17, 15) is 9.59 Å². The molecule has 0 aliphatic carbocycles. The van der Waals surface area contributed by atoms with Crippen LogP contribution in [0.25, 0.3) is 0 Å². The topological polar surface area (TPSA) is 72.8 Å². The number of benzene rings is 1. The van der Waals surface area contributed by atoms with E-state index in [1.807, 2.05) is 30.3 Å². The summed E-state index contributed by atoms with van der Waals surface area (Å²) in [7, 11) is 0. The van der Waals surface area contributed by atoms with E-state index in [0.29, 0.717) is 0 Å². The zero-order valence-electron chi connectivity index (χ0n) is 10.9. The molecule has 1 aromatic carbocycles. The molecule has 0 bridgehead atoms. The van der Waals surface area contributed by atoms with Crippen molar-refractivity contribution in [2.45, 2.75) is 32.5 Å². The number of carboxylic acids is 1. The Morgan fingerprint density at radius 2 is 1.89 bits per heavy atom. The van der Waals surface area contributed by atoms with Crippen LogP contribution in [0.5, 0.6) is 0 Å². The molecule has 1 aromatic rings. The second-order valence-corrected chi connectivity index (χ2v) is 4.03. The van der Waals surface area contributed by atoms with Crippen LogP contribution in [0.2, 0.25) is 0 Å². The van der Waals surface area contributed by atoms with Crippen molar-refractivity contribution in [3.8, 4) is 0 Å². The van der Waals surface area contributed by atoms with E-state index >= 15 is 0 Å². The molecule has 1 N–H and O–H groups in total. The van der Waals surface area contributed by atoms with Gasteiger partial charge in [-0.25, -0.2) is 0 Å². The van der Waals surface area contributed by atoms with Crippen molar-refractivity contribution in [2.75, 3.05) is 6.61 Å². The summed E-state index contributed by atoms with van der Waals surface area (Å²) >= 11 is 0. The largest absolute Gasteiger partial charge is 0.481 e. The quantitative estimate of drug-likeness (QED) is 0.728. The molecule has 104 valence electrons. The summed E-state index contributed by atoms with van der Waals surface area (Å²) < 4.78 is 10.3. The zero-order valence-corrected chi connectivity index (χ0v) is 10.9. The molecule has 0 aliphatic rings. The molecule has 0 radical (unpaired) electrons. The lowest BCUT2D eigenvalue weighted by Gasteiger charge is -2.15. The Kier molecular flexibility index (Phi) is 6.60. The third-order valence-electron chi connectivity index (χ3n) is 2.43. The number of hydrogen-bond donors (Lipinski definition) is 1. The normalized spacial score (nSPS) is 11.8. The summed E-state index contributed by atoms with van der Waals surface area (Å²) in [6, 6.07) is 9.38. The molecule has 0 amide bonds. The monoisotopic (exact) mass is 266 g/mol. The molecule has 1 rings (SSSR count). The van der Waals surface area contributed by atoms with E-state index in [1.54, 1.807) is 6.92 Å². The van der Waals surface area contributed by atoms with Crippen LogP contribution < -0.4 is 0 Å². The lowest BCUT2D eigenvalue weighted by atomic mass is 10.2. The van der Waals surface area contributed by atoms with Gasteiger partial charge in [0.1, 0.15) is 0 Å². The Bertz CT molecular complexity index is 402. The molecule has 0 fully saturated rings. The van der Waals surface area contributed by atoms with Crippen LogP contribution in [0, 0.1) is 0 Å². The van der Waals surface area contributed by atoms with Crippen molar-refractivity contribution in [2.24, 2.45) is 0 Å². The van der Waals surface area contributed by atoms with Crippen LogP contribution in [-0.4, -0.2) is 29.8 Å². The highest BCUT2D eigenvalue weighted by Gasteiger charge is 2.18. The van der Waals surface area contributed by atoms with E-state index < -0.39 is 18.0 Å². The molecule has 5 heteroatoms. The van der Waals surface area contributed by atoms with Gasteiger partial charge in [-0.2, -0.15) is 0 Å². The first-order valence-corrected chi connectivity index (χ1v) is 6.14. The minimum atomic E-state index is -0.998. The highest BCUT2D eigenvalue weighted by atomic mass is 16.5. The minimum Gasteiger partial charge on any atom is -0.481 e. The molecule has 0 saturated carbocycles. The lowest BCUT2D eigenvalue weighted by molar-refractivity contribution is -0.149. The van der Waals surface area contributed by atoms with E-state index in [0.717, 1.165) is 5.56 Å². The number of carbonyl (C=O) groups is 2. The number of esters is 1. The molecule has 1 atom stereocenters. The van der Waals surface area contributed by atoms with Crippen LogP contribution in [0.1, 0.15) is 25.3 Å². The van der Waals surface area contributed by atoms with Crippen molar-refractivity contribution in [1.82, 2.24) is 0 Å². The fourth-order valence-corrected chi connectivity index (χ4v) is 1.58. The van der Waals surface area contributed by atoms with Gasteiger partial charge in [-0.15, -0.1) is 0 Å². The van der Waals surface area contributed by atoms with Crippen LogP contribution >= 0.6 is 0 Å². The second-order valence-electron chi connectivity index (χ2n) is 4.03. The summed E-state index contributed by atoms with van der Waals surface area (Å²) in [6.45, 7) is 2.25. The van der Waals surface area contributed by atoms with Crippen molar-refractivity contribution in [3.63, 3.8) is 0 Å². The van der Waals surface area contributed by atoms with Gasteiger partial charge in [0, 0.05) is 0 Å². The second kappa shape index (κ2) is 8.26. The number of ether oxygens (including phenoxy) is 2. The van der Waals surface area contributed by atoms with Crippen molar-refractivity contribution in [3.05, 3.63) is 35.9 Å². The number of hydrogen-bond acceptors (Lipinski definition) is 4. The van der Waals surface area contributed by atoms with Crippen molar-refractivity contribution in [1.29, 1.82) is 0 Å². The first-order valence-electron chi connectivity index (χ1n) is 6.14. The first kappa shape index (κ1) is 15.2. The fraction of sp³-hybridized carbons (Fsp3) is 0.429. The standard InChI is InChI=1S/C14H18O5/c1-2-18-14(17)9-12(8-13(15)16)19-10-11-6-4-3-5-7-11/h3-7,12H,2,8-10H2,1H3,(H,15,16). The Morgan fingerprint density at radius 1 is 1.21 bits per heavy atom. The lowest BCUT2D eigenvalue weighted by Crippen LogP contribution is -2.22. The van der Waals surface area contributed by atoms with Crippen LogP contribution in [0.4, 0.5) is 0 Å². The average Bonchev–Trinajstić information content (AvgIpc) is 2.37. The van der Waals surface area contributed by atoms with E-state index in [2.05, 4.69) is 0 Å². The Hall–Kier alpha value is -1.88. The molecular formula is C14H18O5. The van der Waals surface area contributed by atoms with Gasteiger partial charge in [0.15, 0.2) is 0 Å². The van der Waals surface area contributed by atoms with Crippen molar-refractivity contribution < 1.29 is 24.2 Å². The Labute approximate surface area is 112 Å². The predicted octanol–water partition coefficient (Wildman–Crippen LogP) is 2.00. The molecular weight excluding hydrogens is 248 g/mol. The highest BCUT2D eigenvalue weighted by molar-refractivity contribution is 5.72.